The smallest absolute Gasteiger partial charge is 0.408 e. The minimum Gasteiger partial charge on any atom is -0.458 e. The standard InChI is InChI=1S/C18H35NO5/c1-11(2)10-22-14(6)15(12(3)4)23-16(20)13(5)19-17(21)24-18(7,8)9/h11-15H,10H2,1-9H3,(H,19,21)/t13-,14-,15-/m0/s1. The summed E-state index contributed by atoms with van der Waals surface area (Å²) in [6.45, 7) is 17.4. The highest BCUT2D eigenvalue weighted by Gasteiger charge is 2.29. The van der Waals surface area contributed by atoms with E-state index in [1.165, 1.54) is 0 Å². The molecule has 3 atom stereocenters. The zero-order valence-electron chi connectivity index (χ0n) is 16.6. The van der Waals surface area contributed by atoms with E-state index in [4.69, 9.17) is 14.2 Å². The van der Waals surface area contributed by atoms with Gasteiger partial charge in [0.1, 0.15) is 17.7 Å². The summed E-state index contributed by atoms with van der Waals surface area (Å²) < 4.78 is 16.5. The first kappa shape index (κ1) is 22.7. The Labute approximate surface area is 146 Å². The maximum atomic E-state index is 12.3. The number of hydrogen-bond acceptors (Lipinski definition) is 5. The number of rotatable bonds is 8. The number of alkyl carbamates (subject to hydrolysis) is 1. The molecule has 0 aromatic rings. The Hall–Kier alpha value is -1.30. The van der Waals surface area contributed by atoms with E-state index in [0.717, 1.165) is 0 Å². The van der Waals surface area contributed by atoms with Crippen LogP contribution >= 0.6 is 0 Å². The van der Waals surface area contributed by atoms with Crippen molar-refractivity contribution in [1.29, 1.82) is 0 Å². The van der Waals surface area contributed by atoms with Gasteiger partial charge < -0.3 is 19.5 Å². The Morgan fingerprint density at radius 3 is 1.96 bits per heavy atom. The molecule has 0 aliphatic heterocycles. The van der Waals surface area contributed by atoms with Crippen molar-refractivity contribution in [1.82, 2.24) is 5.32 Å². The van der Waals surface area contributed by atoms with Gasteiger partial charge in [-0.25, -0.2) is 9.59 Å². The molecule has 0 aliphatic carbocycles. The first-order valence-corrected chi connectivity index (χ1v) is 8.65. The summed E-state index contributed by atoms with van der Waals surface area (Å²) >= 11 is 0. The number of ether oxygens (including phenoxy) is 3. The van der Waals surface area contributed by atoms with E-state index in [1.54, 1.807) is 27.7 Å². The highest BCUT2D eigenvalue weighted by Crippen LogP contribution is 2.16. The van der Waals surface area contributed by atoms with E-state index < -0.39 is 23.7 Å². The summed E-state index contributed by atoms with van der Waals surface area (Å²) in [6, 6.07) is -0.793. The summed E-state index contributed by atoms with van der Waals surface area (Å²) in [4.78, 5) is 24.0. The summed E-state index contributed by atoms with van der Waals surface area (Å²) in [5.74, 6) is 0.00752. The number of hydrogen-bond donors (Lipinski definition) is 1. The summed E-state index contributed by atoms with van der Waals surface area (Å²) in [5.41, 5.74) is -0.618. The van der Waals surface area contributed by atoms with Crippen molar-refractivity contribution >= 4 is 12.1 Å². The molecule has 24 heavy (non-hydrogen) atoms. The van der Waals surface area contributed by atoms with Crippen LogP contribution in [0.3, 0.4) is 0 Å². The molecule has 0 bridgehead atoms. The van der Waals surface area contributed by atoms with Gasteiger partial charge in [0.15, 0.2) is 0 Å². The van der Waals surface area contributed by atoms with Crippen LogP contribution < -0.4 is 5.32 Å². The number of carbonyl (C=O) groups excluding carboxylic acids is 2. The fourth-order valence-electron chi connectivity index (χ4n) is 1.99. The van der Waals surface area contributed by atoms with E-state index in [9.17, 15) is 9.59 Å². The van der Waals surface area contributed by atoms with Crippen LogP contribution in [0, 0.1) is 11.8 Å². The fourth-order valence-corrected chi connectivity index (χ4v) is 1.99. The average molecular weight is 345 g/mol. The Bertz CT molecular complexity index is 401. The van der Waals surface area contributed by atoms with Crippen molar-refractivity contribution in [2.45, 2.75) is 86.2 Å². The van der Waals surface area contributed by atoms with Crippen molar-refractivity contribution in [3.8, 4) is 0 Å². The molecule has 6 nitrogen and oxygen atoms in total. The van der Waals surface area contributed by atoms with Crippen molar-refractivity contribution in [2.24, 2.45) is 11.8 Å². The molecule has 0 aromatic heterocycles. The third-order valence-electron chi connectivity index (χ3n) is 3.15. The number of nitrogens with one attached hydrogen (secondary N) is 1. The van der Waals surface area contributed by atoms with Crippen LogP contribution in [0.2, 0.25) is 0 Å². The topological polar surface area (TPSA) is 73.9 Å². The molecular formula is C18H35NO5. The molecule has 0 saturated heterocycles. The van der Waals surface area contributed by atoms with Gasteiger partial charge in [0, 0.05) is 6.61 Å². The zero-order chi connectivity index (χ0) is 19.1. The van der Waals surface area contributed by atoms with Gasteiger partial charge in [-0.15, -0.1) is 0 Å². The molecule has 1 N–H and O–H groups in total. The molecule has 0 heterocycles. The minimum atomic E-state index is -0.793. The first-order chi connectivity index (χ1) is 10.8. The summed E-state index contributed by atoms with van der Waals surface area (Å²) in [7, 11) is 0. The Morgan fingerprint density at radius 1 is 1.00 bits per heavy atom. The van der Waals surface area contributed by atoms with Gasteiger partial charge in [0.2, 0.25) is 0 Å². The van der Waals surface area contributed by atoms with Crippen molar-refractivity contribution in [3.05, 3.63) is 0 Å². The van der Waals surface area contributed by atoms with Crippen molar-refractivity contribution in [3.63, 3.8) is 0 Å². The monoisotopic (exact) mass is 345 g/mol. The highest BCUT2D eigenvalue weighted by atomic mass is 16.6. The van der Waals surface area contributed by atoms with E-state index in [2.05, 4.69) is 19.2 Å². The minimum absolute atomic E-state index is 0.102. The predicted octanol–water partition coefficient (Wildman–Crippen LogP) is 3.53. The lowest BCUT2D eigenvalue weighted by Crippen LogP contribution is -2.45. The molecule has 0 saturated carbocycles. The predicted molar refractivity (Wildman–Crippen MR) is 93.8 cm³/mol. The van der Waals surface area contributed by atoms with Crippen LogP contribution in [0.25, 0.3) is 0 Å². The lowest BCUT2D eigenvalue weighted by Gasteiger charge is -2.29. The Kier molecular flexibility index (Phi) is 9.33. The fraction of sp³-hybridized carbons (Fsp3) is 0.889. The first-order valence-electron chi connectivity index (χ1n) is 8.65. The molecule has 0 fully saturated rings. The number of carbonyl (C=O) groups is 2. The highest BCUT2D eigenvalue weighted by molar-refractivity contribution is 5.81. The van der Waals surface area contributed by atoms with Crippen LogP contribution in [-0.4, -0.2) is 42.5 Å². The lowest BCUT2D eigenvalue weighted by atomic mass is 10.0. The SMILES string of the molecule is CC(C)CO[C@@H](C)[C@@H](OC(=O)[C@H](C)NC(=O)OC(C)(C)C)C(C)C. The summed E-state index contributed by atoms with van der Waals surface area (Å²) in [6.07, 6.45) is -1.23. The van der Waals surface area contributed by atoms with Gasteiger partial charge in [0.25, 0.3) is 0 Å². The van der Waals surface area contributed by atoms with E-state index in [0.29, 0.717) is 12.5 Å². The normalized spacial score (nSPS) is 15.8. The third-order valence-corrected chi connectivity index (χ3v) is 3.15. The molecule has 1 amide bonds. The molecule has 0 aromatic carbocycles. The molecule has 6 heteroatoms. The molecule has 0 unspecified atom stereocenters. The number of esters is 1. The quantitative estimate of drug-likeness (QED) is 0.681. The van der Waals surface area contributed by atoms with Crippen LogP contribution in [0.15, 0.2) is 0 Å². The van der Waals surface area contributed by atoms with E-state index in [1.807, 2.05) is 20.8 Å². The van der Waals surface area contributed by atoms with Gasteiger partial charge in [-0.05, 0) is 46.5 Å². The maximum Gasteiger partial charge on any atom is 0.408 e. The van der Waals surface area contributed by atoms with Crippen LogP contribution in [0.1, 0.15) is 62.3 Å². The third kappa shape index (κ3) is 9.75. The second-order valence-electron chi connectivity index (χ2n) is 7.95. The lowest BCUT2D eigenvalue weighted by molar-refractivity contribution is -0.163. The second kappa shape index (κ2) is 9.87. The largest absolute Gasteiger partial charge is 0.458 e. The van der Waals surface area contributed by atoms with Crippen molar-refractivity contribution in [2.75, 3.05) is 6.61 Å². The van der Waals surface area contributed by atoms with Crippen molar-refractivity contribution < 1.29 is 23.8 Å². The Morgan fingerprint density at radius 2 is 1.54 bits per heavy atom. The van der Waals surface area contributed by atoms with Gasteiger partial charge in [0.05, 0.1) is 6.10 Å². The molecule has 142 valence electrons. The van der Waals surface area contributed by atoms with Crippen LogP contribution in [0.5, 0.6) is 0 Å². The molecular weight excluding hydrogens is 310 g/mol. The maximum absolute atomic E-state index is 12.3. The molecule has 0 aliphatic rings. The van der Waals surface area contributed by atoms with Crippen LogP contribution in [0.4, 0.5) is 4.79 Å². The zero-order valence-corrected chi connectivity index (χ0v) is 16.6. The van der Waals surface area contributed by atoms with Gasteiger partial charge in [-0.2, -0.15) is 0 Å². The Balaban J connectivity index is 4.62. The molecule has 0 rings (SSSR count). The number of amides is 1. The molecule has 0 radical (unpaired) electrons. The molecule has 0 spiro atoms. The van der Waals surface area contributed by atoms with Gasteiger partial charge in [-0.1, -0.05) is 27.7 Å². The summed E-state index contributed by atoms with van der Waals surface area (Å²) in [5, 5.41) is 2.49. The van der Waals surface area contributed by atoms with Gasteiger partial charge in [-0.3, -0.25) is 0 Å². The van der Waals surface area contributed by atoms with Crippen LogP contribution in [-0.2, 0) is 19.0 Å². The van der Waals surface area contributed by atoms with E-state index in [-0.39, 0.29) is 18.1 Å². The van der Waals surface area contributed by atoms with Gasteiger partial charge >= 0.3 is 12.1 Å². The second-order valence-corrected chi connectivity index (χ2v) is 7.95. The van der Waals surface area contributed by atoms with E-state index >= 15 is 0 Å². The average Bonchev–Trinajstić information content (AvgIpc) is 2.38.